The molecular formula is C17H20N2O. The fourth-order valence-electron chi connectivity index (χ4n) is 2.73. The van der Waals surface area contributed by atoms with Crippen LogP contribution in [-0.4, -0.2) is 5.91 Å². The van der Waals surface area contributed by atoms with E-state index in [9.17, 15) is 4.79 Å². The summed E-state index contributed by atoms with van der Waals surface area (Å²) < 4.78 is 5.25. The average molecular weight is 269 g/mol. The molecule has 0 heterocycles. The molecular weight excluding hydrogens is 248 g/mol. The van der Waals surface area contributed by atoms with Crippen LogP contribution in [0, 0.1) is 0 Å². The van der Waals surface area contributed by atoms with Crippen molar-refractivity contribution in [3.63, 3.8) is 0 Å². The number of benzene rings is 2. The van der Waals surface area contributed by atoms with E-state index in [2.05, 4.69) is 29.7 Å². The highest BCUT2D eigenvalue weighted by Gasteiger charge is 2.21. The van der Waals surface area contributed by atoms with Gasteiger partial charge in [0, 0.05) is 5.56 Å². The van der Waals surface area contributed by atoms with Gasteiger partial charge in [-0.1, -0.05) is 42.5 Å². The van der Waals surface area contributed by atoms with Crippen molar-refractivity contribution in [3.05, 3.63) is 71.3 Å². The first-order valence-electron chi connectivity index (χ1n) is 7.36. The predicted molar refractivity (Wildman–Crippen MR) is 81.1 cm³/mol. The quantitative estimate of drug-likeness (QED) is 0.874. The van der Waals surface area contributed by atoms with E-state index >= 15 is 0 Å². The maximum atomic E-state index is 12.2. The average Bonchev–Trinajstić information content (AvgIpc) is 2.58. The zero-order chi connectivity index (χ0) is 15.1. The van der Waals surface area contributed by atoms with Gasteiger partial charge in [0.2, 0.25) is 0 Å². The Kier molecular flexibility index (Phi) is 4.09. The van der Waals surface area contributed by atoms with Crippen molar-refractivity contribution in [3.8, 4) is 0 Å². The topological polar surface area (TPSA) is 64.1 Å². The first kappa shape index (κ1) is 12.9. The van der Waals surface area contributed by atoms with Crippen LogP contribution < -0.4 is 11.5 Å². The van der Waals surface area contributed by atoms with Crippen molar-refractivity contribution >= 4 is 5.91 Å². The van der Waals surface area contributed by atoms with Crippen molar-refractivity contribution in [2.24, 2.45) is 0 Å². The lowest BCUT2D eigenvalue weighted by molar-refractivity contribution is 0.0933. The molecule has 0 spiro atoms. The monoisotopic (exact) mass is 269 g/mol. The van der Waals surface area contributed by atoms with Crippen LogP contribution in [0.25, 0.3) is 0 Å². The van der Waals surface area contributed by atoms with Crippen molar-refractivity contribution in [1.82, 2.24) is 11.5 Å². The van der Waals surface area contributed by atoms with Gasteiger partial charge in [0.25, 0.3) is 5.91 Å². The van der Waals surface area contributed by atoms with Crippen molar-refractivity contribution in [2.75, 3.05) is 0 Å². The maximum absolute atomic E-state index is 12.2. The Morgan fingerprint density at radius 1 is 1.10 bits per heavy atom. The van der Waals surface area contributed by atoms with Crippen LogP contribution in [0.15, 0.2) is 54.6 Å². The molecule has 4 N–H and O–H groups in total. The van der Waals surface area contributed by atoms with Gasteiger partial charge in [0.15, 0.2) is 0 Å². The van der Waals surface area contributed by atoms with Gasteiger partial charge >= 0.3 is 0 Å². The molecule has 1 aliphatic rings. The minimum absolute atomic E-state index is 0.0160. The minimum Gasteiger partial charge on any atom is -0.345 e. The van der Waals surface area contributed by atoms with Crippen molar-refractivity contribution in [2.45, 2.75) is 25.3 Å². The fourth-order valence-corrected chi connectivity index (χ4v) is 2.73. The minimum atomic E-state index is 0.0160. The number of carbonyl (C=O) groups is 1. The zero-order valence-electron chi connectivity index (χ0n) is 12.4. The number of carbonyl (C=O) groups excluding carboxylic acids is 1. The first-order valence-corrected chi connectivity index (χ1v) is 6.78. The van der Waals surface area contributed by atoms with Gasteiger partial charge in [0.05, 0.1) is 6.04 Å². The highest BCUT2D eigenvalue weighted by molar-refractivity contribution is 5.94. The summed E-state index contributed by atoms with van der Waals surface area (Å²) in [5, 5.41) is 3.15. The number of hydrogen-bond donors (Lipinski definition) is 2. The van der Waals surface area contributed by atoms with Crippen LogP contribution in [0.3, 0.4) is 0 Å². The van der Waals surface area contributed by atoms with Gasteiger partial charge in [-0.05, 0) is 42.5 Å². The van der Waals surface area contributed by atoms with Gasteiger partial charge in [-0.2, -0.15) is 0 Å². The highest BCUT2D eigenvalue weighted by atomic mass is 16.1. The molecule has 3 rings (SSSR count). The normalized spacial score (nSPS) is 17.1. The maximum Gasteiger partial charge on any atom is 0.251 e. The molecule has 0 aliphatic heterocycles. The molecule has 1 amide bonds. The van der Waals surface area contributed by atoms with Crippen molar-refractivity contribution in [1.29, 1.82) is 0 Å². The van der Waals surface area contributed by atoms with E-state index in [1.807, 2.05) is 36.4 Å². The van der Waals surface area contributed by atoms with E-state index in [1.165, 1.54) is 11.1 Å². The summed E-state index contributed by atoms with van der Waals surface area (Å²) in [6.07, 6.45) is 7.03. The molecule has 0 saturated carbocycles. The molecule has 3 nitrogen and oxygen atoms in total. The van der Waals surface area contributed by atoms with E-state index in [4.69, 9.17) is 1.41 Å². The fraction of sp³-hybridized carbons (Fsp3) is 0.235. The summed E-state index contributed by atoms with van der Waals surface area (Å²) in [7, 11) is 0. The summed E-state index contributed by atoms with van der Waals surface area (Å²) in [4.78, 5) is 12.2. The van der Waals surface area contributed by atoms with Gasteiger partial charge in [-0.15, -0.1) is 0 Å². The highest BCUT2D eigenvalue weighted by Crippen LogP contribution is 2.29. The number of aryl methyl sites for hydroxylation is 1. The standard InChI is InChI=1S/C17H17NO.H3N/c19-17(14-8-2-1-3-9-14)18-16-12-6-10-13-7-4-5-11-15(13)16;/h1-5,7-9,11,16H,6,10,12H2,(H,18,19);1H3/i/hD. The van der Waals surface area contributed by atoms with Crippen LogP contribution in [0.1, 0.15) is 40.4 Å². The Morgan fingerprint density at radius 2 is 1.80 bits per heavy atom. The molecule has 3 heteroatoms. The lowest BCUT2D eigenvalue weighted by Gasteiger charge is -2.26. The predicted octanol–water partition coefficient (Wildman–Crippen LogP) is 3.66. The third-order valence-corrected chi connectivity index (χ3v) is 3.71. The molecule has 20 heavy (non-hydrogen) atoms. The molecule has 1 unspecified atom stereocenters. The summed E-state index contributed by atoms with van der Waals surface area (Å²) >= 11 is 0. The van der Waals surface area contributed by atoms with E-state index in [0.29, 0.717) is 0 Å². The van der Waals surface area contributed by atoms with E-state index in [-0.39, 0.29) is 11.9 Å². The Balaban J connectivity index is 0.000000774. The Bertz CT molecular complexity index is 586. The van der Waals surface area contributed by atoms with Gasteiger partial charge in [-0.25, -0.2) is 0 Å². The van der Waals surface area contributed by atoms with Crippen molar-refractivity contribution < 1.29 is 6.21 Å². The Labute approximate surface area is 121 Å². The largest absolute Gasteiger partial charge is 0.345 e. The Morgan fingerprint density at radius 3 is 2.60 bits per heavy atom. The second-order valence-electron chi connectivity index (χ2n) is 4.98. The molecule has 0 radical (unpaired) electrons. The SMILES string of the molecule is O=C(NC1CCCc2ccccc21)c1ccccc1.[2H]N. The number of fused-ring (bicyclic) bond motifs is 1. The van der Waals surface area contributed by atoms with E-state index in [1.54, 1.807) is 0 Å². The second kappa shape index (κ2) is 6.35. The molecule has 0 aromatic heterocycles. The molecule has 0 saturated heterocycles. The van der Waals surface area contributed by atoms with Gasteiger partial charge in [0.1, 0.15) is 1.41 Å². The summed E-state index contributed by atoms with van der Waals surface area (Å²) in [5.74, 6) is 0.0160. The van der Waals surface area contributed by atoms with E-state index < -0.39 is 0 Å². The number of nitrogens with one attached hydrogen (secondary N) is 1. The van der Waals surface area contributed by atoms with Crippen LogP contribution in [-0.2, 0) is 6.42 Å². The molecule has 2 aromatic rings. The lowest BCUT2D eigenvalue weighted by atomic mass is 9.87. The number of rotatable bonds is 2. The molecule has 104 valence electrons. The van der Waals surface area contributed by atoms with Crippen LogP contribution in [0.5, 0.6) is 0 Å². The van der Waals surface area contributed by atoms with Crippen LogP contribution >= 0.6 is 0 Å². The van der Waals surface area contributed by atoms with E-state index in [0.717, 1.165) is 24.8 Å². The summed E-state index contributed by atoms with van der Waals surface area (Å²) in [5.41, 5.74) is 3.37. The van der Waals surface area contributed by atoms with Gasteiger partial charge < -0.3 is 11.5 Å². The molecule has 1 aliphatic carbocycles. The lowest BCUT2D eigenvalue weighted by Crippen LogP contribution is -2.30. The molecule has 1 atom stereocenters. The zero-order valence-corrected chi connectivity index (χ0v) is 11.4. The summed E-state index contributed by atoms with van der Waals surface area (Å²) in [6.45, 7) is 0. The molecule has 2 aromatic carbocycles. The Hall–Kier alpha value is -2.13. The summed E-state index contributed by atoms with van der Waals surface area (Å²) in [6, 6.07) is 18.0. The second-order valence-corrected chi connectivity index (χ2v) is 4.98. The number of amides is 1. The third kappa shape index (κ3) is 2.89. The third-order valence-electron chi connectivity index (χ3n) is 3.71. The first-order chi connectivity index (χ1) is 10.3. The van der Waals surface area contributed by atoms with Crippen LogP contribution in [0.4, 0.5) is 0 Å². The van der Waals surface area contributed by atoms with Crippen LogP contribution in [0.2, 0.25) is 1.41 Å². The smallest absolute Gasteiger partial charge is 0.251 e. The van der Waals surface area contributed by atoms with Gasteiger partial charge in [-0.3, -0.25) is 4.79 Å². The molecule has 0 bridgehead atoms. The number of hydrogen-bond acceptors (Lipinski definition) is 2. The molecule has 0 fully saturated rings.